The van der Waals surface area contributed by atoms with Gasteiger partial charge in [0.15, 0.2) is 0 Å². The molecule has 4 heterocycles. The van der Waals surface area contributed by atoms with Crippen molar-refractivity contribution in [1.82, 2.24) is 24.3 Å². The number of piperidine rings is 1. The number of pyridine rings is 1. The molecule has 0 saturated carbocycles. The molecule has 4 rings (SSSR count). The fourth-order valence-electron chi connectivity index (χ4n) is 3.66. The van der Waals surface area contributed by atoms with Crippen molar-refractivity contribution in [3.05, 3.63) is 42.0 Å². The summed E-state index contributed by atoms with van der Waals surface area (Å²) in [5, 5.41) is 27.2. The van der Waals surface area contributed by atoms with Gasteiger partial charge in [0.25, 0.3) is 0 Å². The van der Waals surface area contributed by atoms with E-state index in [1.165, 1.54) is 4.90 Å². The highest BCUT2D eigenvalue weighted by Crippen LogP contribution is 2.35. The van der Waals surface area contributed by atoms with Crippen molar-refractivity contribution in [3.63, 3.8) is 0 Å². The highest BCUT2D eigenvalue weighted by molar-refractivity contribution is 5.73. The van der Waals surface area contributed by atoms with Crippen molar-refractivity contribution in [3.8, 4) is 17.2 Å². The zero-order valence-corrected chi connectivity index (χ0v) is 14.3. The topological polar surface area (TPSA) is 99.4 Å². The van der Waals surface area contributed by atoms with Gasteiger partial charge in [0.05, 0.1) is 23.5 Å². The van der Waals surface area contributed by atoms with E-state index >= 15 is 0 Å². The van der Waals surface area contributed by atoms with Gasteiger partial charge in [-0.3, -0.25) is 4.68 Å². The zero-order valence-electron chi connectivity index (χ0n) is 14.3. The second kappa shape index (κ2) is 6.19. The number of aromatic nitrogens is 4. The molecule has 0 unspecified atom stereocenters. The molecule has 0 aromatic carbocycles. The van der Waals surface area contributed by atoms with E-state index in [4.69, 9.17) is 0 Å². The molecule has 0 radical (unpaired) electrons. The van der Waals surface area contributed by atoms with E-state index in [1.54, 1.807) is 21.6 Å². The molecule has 8 nitrogen and oxygen atoms in total. The first-order valence-electron chi connectivity index (χ1n) is 8.45. The van der Waals surface area contributed by atoms with Gasteiger partial charge in [0.1, 0.15) is 6.07 Å². The minimum absolute atomic E-state index is 0.188. The Morgan fingerprint density at radius 2 is 2.00 bits per heavy atom. The number of likely N-dealkylation sites (tertiary alicyclic amines) is 1. The second-order valence-electron chi connectivity index (χ2n) is 6.59. The molecule has 1 amide bonds. The summed E-state index contributed by atoms with van der Waals surface area (Å²) in [6, 6.07) is 4.31. The number of fused-ring (bicyclic) bond motifs is 1. The van der Waals surface area contributed by atoms with Gasteiger partial charge in [-0.15, -0.1) is 0 Å². The summed E-state index contributed by atoms with van der Waals surface area (Å²) < 4.78 is 3.49. The minimum atomic E-state index is -0.875. The standard InChI is InChI=1S/C18H18N6O2/c1-22-10-15(9-20-22)13-6-16(12-2-4-23(5-3-12)18(25)26)17-14(7-19)8-21-24(17)11-13/h6,8-12H,2-5H2,1H3,(H,25,26). The third-order valence-electron chi connectivity index (χ3n) is 5.01. The maximum absolute atomic E-state index is 11.2. The maximum atomic E-state index is 11.2. The average Bonchev–Trinajstić information content (AvgIpc) is 3.27. The lowest BCUT2D eigenvalue weighted by molar-refractivity contribution is 0.132. The Morgan fingerprint density at radius 3 is 2.62 bits per heavy atom. The molecule has 1 saturated heterocycles. The number of carbonyl (C=O) groups is 1. The summed E-state index contributed by atoms with van der Waals surface area (Å²) in [6.07, 6.45) is 7.81. The summed E-state index contributed by atoms with van der Waals surface area (Å²) >= 11 is 0. The van der Waals surface area contributed by atoms with Gasteiger partial charge in [-0.2, -0.15) is 15.5 Å². The van der Waals surface area contributed by atoms with Gasteiger partial charge in [-0.25, -0.2) is 9.31 Å². The summed E-state index contributed by atoms with van der Waals surface area (Å²) in [5.74, 6) is 0.188. The van der Waals surface area contributed by atoms with E-state index in [-0.39, 0.29) is 5.92 Å². The van der Waals surface area contributed by atoms with E-state index in [2.05, 4.69) is 22.3 Å². The Bertz CT molecular complexity index is 1020. The van der Waals surface area contributed by atoms with Crippen LogP contribution >= 0.6 is 0 Å². The Balaban J connectivity index is 1.80. The third kappa shape index (κ3) is 2.67. The van der Waals surface area contributed by atoms with Crippen LogP contribution in [0.4, 0.5) is 4.79 Å². The zero-order chi connectivity index (χ0) is 18.3. The Labute approximate surface area is 149 Å². The lowest BCUT2D eigenvalue weighted by Gasteiger charge is -2.30. The molecule has 1 aliphatic heterocycles. The van der Waals surface area contributed by atoms with Crippen LogP contribution in [-0.2, 0) is 7.05 Å². The summed E-state index contributed by atoms with van der Waals surface area (Å²) in [4.78, 5) is 12.6. The first kappa shape index (κ1) is 16.1. The quantitative estimate of drug-likeness (QED) is 0.765. The molecule has 0 bridgehead atoms. The highest BCUT2D eigenvalue weighted by atomic mass is 16.4. The van der Waals surface area contributed by atoms with Gasteiger partial charge in [-0.05, 0) is 30.4 Å². The molecule has 3 aromatic heterocycles. The summed E-state index contributed by atoms with van der Waals surface area (Å²) in [5.41, 5.74) is 4.36. The molecule has 1 N–H and O–H groups in total. The van der Waals surface area contributed by atoms with Crippen LogP contribution in [0.15, 0.2) is 30.9 Å². The van der Waals surface area contributed by atoms with Gasteiger partial charge >= 0.3 is 6.09 Å². The van der Waals surface area contributed by atoms with E-state index in [1.807, 2.05) is 19.4 Å². The largest absolute Gasteiger partial charge is 0.465 e. The third-order valence-corrected chi connectivity index (χ3v) is 5.01. The smallest absolute Gasteiger partial charge is 0.407 e. The van der Waals surface area contributed by atoms with Crippen molar-refractivity contribution in [1.29, 1.82) is 5.26 Å². The molecule has 3 aromatic rings. The lowest BCUT2D eigenvalue weighted by atomic mass is 9.87. The van der Waals surface area contributed by atoms with Crippen LogP contribution in [0.3, 0.4) is 0 Å². The molecule has 26 heavy (non-hydrogen) atoms. The first-order chi connectivity index (χ1) is 12.6. The highest BCUT2D eigenvalue weighted by Gasteiger charge is 2.26. The SMILES string of the molecule is Cn1cc(-c2cc(C3CCN(C(=O)O)CC3)c3c(C#N)cnn3c2)cn1. The normalized spacial score (nSPS) is 15.3. The number of nitrogens with zero attached hydrogens (tertiary/aromatic N) is 6. The average molecular weight is 350 g/mol. The fraction of sp³-hybridized carbons (Fsp3) is 0.333. The minimum Gasteiger partial charge on any atom is -0.465 e. The van der Waals surface area contributed by atoms with Gasteiger partial charge in [-0.1, -0.05) is 0 Å². The van der Waals surface area contributed by atoms with Crippen molar-refractivity contribution < 1.29 is 9.90 Å². The number of nitriles is 1. The number of aryl methyl sites for hydroxylation is 1. The molecule has 0 atom stereocenters. The van der Waals surface area contributed by atoms with Crippen LogP contribution in [0.5, 0.6) is 0 Å². The molecule has 0 aliphatic carbocycles. The Morgan fingerprint density at radius 1 is 1.23 bits per heavy atom. The molecule has 1 aliphatic rings. The molecular weight excluding hydrogens is 332 g/mol. The number of hydrogen-bond acceptors (Lipinski definition) is 4. The predicted molar refractivity (Wildman–Crippen MR) is 93.7 cm³/mol. The van der Waals surface area contributed by atoms with Crippen molar-refractivity contribution >= 4 is 11.6 Å². The summed E-state index contributed by atoms with van der Waals surface area (Å²) in [7, 11) is 1.87. The van der Waals surface area contributed by atoms with E-state index < -0.39 is 6.09 Å². The van der Waals surface area contributed by atoms with Gasteiger partial charge in [0, 0.05) is 43.7 Å². The van der Waals surface area contributed by atoms with Gasteiger partial charge in [0.2, 0.25) is 0 Å². The summed E-state index contributed by atoms with van der Waals surface area (Å²) in [6.45, 7) is 0.999. The number of rotatable bonds is 2. The van der Waals surface area contributed by atoms with E-state index in [9.17, 15) is 15.2 Å². The number of hydrogen-bond donors (Lipinski definition) is 1. The van der Waals surface area contributed by atoms with Crippen LogP contribution < -0.4 is 0 Å². The van der Waals surface area contributed by atoms with E-state index in [0.29, 0.717) is 18.7 Å². The number of carboxylic acid groups (broad SMARTS) is 1. The lowest BCUT2D eigenvalue weighted by Crippen LogP contribution is -2.36. The van der Waals surface area contributed by atoms with Crippen LogP contribution in [0, 0.1) is 11.3 Å². The molecule has 1 fully saturated rings. The Kier molecular flexibility index (Phi) is 3.84. The number of amides is 1. The second-order valence-corrected chi connectivity index (χ2v) is 6.59. The van der Waals surface area contributed by atoms with Crippen molar-refractivity contribution in [2.24, 2.45) is 7.05 Å². The maximum Gasteiger partial charge on any atom is 0.407 e. The molecular formula is C18H18N6O2. The van der Waals surface area contributed by atoms with E-state index in [0.717, 1.165) is 35.0 Å². The van der Waals surface area contributed by atoms with Gasteiger partial charge < -0.3 is 10.0 Å². The van der Waals surface area contributed by atoms with Crippen LogP contribution in [0.1, 0.15) is 29.9 Å². The van der Waals surface area contributed by atoms with Crippen LogP contribution in [0.25, 0.3) is 16.6 Å². The molecule has 8 heteroatoms. The Hall–Kier alpha value is -3.34. The molecule has 0 spiro atoms. The van der Waals surface area contributed by atoms with Crippen LogP contribution in [-0.4, -0.2) is 48.6 Å². The molecule has 132 valence electrons. The first-order valence-corrected chi connectivity index (χ1v) is 8.45. The van der Waals surface area contributed by atoms with Crippen molar-refractivity contribution in [2.45, 2.75) is 18.8 Å². The van der Waals surface area contributed by atoms with Crippen LogP contribution in [0.2, 0.25) is 0 Å². The monoisotopic (exact) mass is 350 g/mol. The fourth-order valence-corrected chi connectivity index (χ4v) is 3.66. The van der Waals surface area contributed by atoms with Crippen molar-refractivity contribution in [2.75, 3.05) is 13.1 Å². The predicted octanol–water partition coefficient (Wildman–Crippen LogP) is 2.46.